The van der Waals surface area contributed by atoms with Gasteiger partial charge in [0, 0.05) is 16.8 Å². The van der Waals surface area contributed by atoms with Crippen molar-refractivity contribution in [3.63, 3.8) is 0 Å². The van der Waals surface area contributed by atoms with Gasteiger partial charge in [0.15, 0.2) is 0 Å². The van der Waals surface area contributed by atoms with Crippen molar-refractivity contribution in [1.82, 2.24) is 5.32 Å². The van der Waals surface area contributed by atoms with Crippen molar-refractivity contribution < 1.29 is 9.18 Å². The molecule has 6 heteroatoms. The number of thiophene rings is 1. The molecule has 0 fully saturated rings. The Hall–Kier alpha value is -2.08. The number of carbonyl (C=O) groups is 1. The van der Waals surface area contributed by atoms with Crippen LogP contribution in [0.2, 0.25) is 0 Å². The Balaban J connectivity index is 1.62. The monoisotopic (exact) mass is 332 g/mol. The predicted molar refractivity (Wildman–Crippen MR) is 88.2 cm³/mol. The molecule has 4 nitrogen and oxygen atoms in total. The maximum atomic E-state index is 12.8. The minimum absolute atomic E-state index is 0.115. The largest absolute Gasteiger partial charge is 0.352 e. The highest BCUT2D eigenvalue weighted by Gasteiger charge is 2.27. The van der Waals surface area contributed by atoms with Crippen LogP contribution in [0, 0.1) is 10.7 Å². The molecule has 0 spiro atoms. The van der Waals surface area contributed by atoms with Gasteiger partial charge in [-0.05, 0) is 48.9 Å². The highest BCUT2D eigenvalue weighted by Crippen LogP contribution is 2.38. The summed E-state index contributed by atoms with van der Waals surface area (Å²) in [5.74, 6) is -0.378. The molecule has 0 saturated heterocycles. The van der Waals surface area contributed by atoms with E-state index < -0.39 is 0 Å². The first kappa shape index (κ1) is 15.8. The molecule has 1 heterocycles. The van der Waals surface area contributed by atoms with E-state index in [2.05, 4.69) is 10.5 Å². The van der Waals surface area contributed by atoms with E-state index in [0.29, 0.717) is 18.5 Å². The van der Waals surface area contributed by atoms with Gasteiger partial charge in [0.25, 0.3) is 5.91 Å². The lowest BCUT2D eigenvalue weighted by molar-refractivity contribution is 0.0953. The number of halogens is 1. The van der Waals surface area contributed by atoms with E-state index in [4.69, 9.17) is 0 Å². The van der Waals surface area contributed by atoms with Crippen LogP contribution in [-0.2, 0) is 12.8 Å². The molecule has 0 aliphatic heterocycles. The van der Waals surface area contributed by atoms with Crippen molar-refractivity contribution in [2.24, 2.45) is 5.18 Å². The van der Waals surface area contributed by atoms with Crippen molar-refractivity contribution in [2.45, 2.75) is 31.7 Å². The van der Waals surface area contributed by atoms with E-state index in [9.17, 15) is 14.1 Å². The Morgan fingerprint density at radius 1 is 1.35 bits per heavy atom. The number of benzene rings is 1. The molecule has 1 atom stereocenters. The fourth-order valence-electron chi connectivity index (χ4n) is 2.90. The van der Waals surface area contributed by atoms with E-state index in [1.807, 2.05) is 5.38 Å². The Labute approximate surface area is 137 Å². The smallest absolute Gasteiger partial charge is 0.252 e. The van der Waals surface area contributed by atoms with Gasteiger partial charge in [0.05, 0.1) is 5.56 Å². The van der Waals surface area contributed by atoms with Gasteiger partial charge in [0.1, 0.15) is 11.9 Å². The lowest BCUT2D eigenvalue weighted by atomic mass is 9.92. The molecule has 120 valence electrons. The highest BCUT2D eigenvalue weighted by molar-refractivity contribution is 7.10. The van der Waals surface area contributed by atoms with Gasteiger partial charge in [-0.25, -0.2) is 4.39 Å². The molecule has 0 radical (unpaired) electrons. The Morgan fingerprint density at radius 3 is 2.87 bits per heavy atom. The number of hydrogen-bond donors (Lipinski definition) is 1. The van der Waals surface area contributed by atoms with Crippen LogP contribution in [0.1, 0.15) is 45.2 Å². The van der Waals surface area contributed by atoms with E-state index in [1.54, 1.807) is 12.1 Å². The summed E-state index contributed by atoms with van der Waals surface area (Å²) in [7, 11) is 0. The van der Waals surface area contributed by atoms with E-state index in [-0.39, 0.29) is 17.8 Å². The van der Waals surface area contributed by atoms with Crippen molar-refractivity contribution >= 4 is 17.2 Å². The number of nitrogens with zero attached hydrogens (tertiary/aromatic N) is 1. The van der Waals surface area contributed by atoms with Crippen molar-refractivity contribution in [3.05, 3.63) is 61.9 Å². The zero-order valence-corrected chi connectivity index (χ0v) is 13.4. The van der Waals surface area contributed by atoms with Crippen molar-refractivity contribution in [2.75, 3.05) is 6.54 Å². The average Bonchev–Trinajstić information content (AvgIpc) is 3.00. The Bertz CT molecular complexity index is 712. The average molecular weight is 332 g/mol. The highest BCUT2D eigenvalue weighted by atomic mass is 32.1. The van der Waals surface area contributed by atoms with Crippen LogP contribution in [-0.4, -0.2) is 12.5 Å². The molecular formula is C17H17FN2O2S. The second kappa shape index (κ2) is 7.00. The van der Waals surface area contributed by atoms with Crippen LogP contribution in [0.5, 0.6) is 0 Å². The fourth-order valence-corrected chi connectivity index (χ4v) is 4.06. The van der Waals surface area contributed by atoms with Crippen LogP contribution >= 0.6 is 11.3 Å². The first-order chi connectivity index (χ1) is 11.2. The third-order valence-electron chi connectivity index (χ3n) is 4.12. The minimum Gasteiger partial charge on any atom is -0.352 e. The molecule has 3 rings (SSSR count). The van der Waals surface area contributed by atoms with Crippen molar-refractivity contribution in [1.29, 1.82) is 0 Å². The molecular weight excluding hydrogens is 315 g/mol. The summed E-state index contributed by atoms with van der Waals surface area (Å²) in [5, 5.41) is 7.89. The SMILES string of the molecule is O=NC1CCCc2c(C(=O)NCCc3ccc(F)cc3)csc21. The molecule has 23 heavy (non-hydrogen) atoms. The predicted octanol–water partition coefficient (Wildman–Crippen LogP) is 4.00. The zero-order valence-electron chi connectivity index (χ0n) is 12.5. The van der Waals surface area contributed by atoms with Gasteiger partial charge in [-0.2, -0.15) is 4.91 Å². The van der Waals surface area contributed by atoms with Gasteiger partial charge in [-0.1, -0.05) is 17.3 Å². The summed E-state index contributed by atoms with van der Waals surface area (Å²) in [6.07, 6.45) is 3.13. The summed E-state index contributed by atoms with van der Waals surface area (Å²) >= 11 is 1.45. The number of carbonyl (C=O) groups excluding carboxylic acids is 1. The van der Waals surface area contributed by atoms with Crippen LogP contribution < -0.4 is 5.32 Å². The number of nitrogens with one attached hydrogen (secondary N) is 1. The first-order valence-electron chi connectivity index (χ1n) is 7.64. The third-order valence-corrected chi connectivity index (χ3v) is 5.24. The molecule has 1 amide bonds. The lowest BCUT2D eigenvalue weighted by Gasteiger charge is -2.17. The number of hydrogen-bond acceptors (Lipinski definition) is 4. The van der Waals surface area contributed by atoms with Crippen LogP contribution in [0.4, 0.5) is 4.39 Å². The molecule has 0 saturated carbocycles. The van der Waals surface area contributed by atoms with Crippen LogP contribution in [0.25, 0.3) is 0 Å². The maximum absolute atomic E-state index is 12.8. The van der Waals surface area contributed by atoms with Gasteiger partial charge in [-0.15, -0.1) is 11.3 Å². The maximum Gasteiger partial charge on any atom is 0.252 e. The lowest BCUT2D eigenvalue weighted by Crippen LogP contribution is -2.26. The molecule has 1 aliphatic carbocycles. The second-order valence-electron chi connectivity index (χ2n) is 5.64. The standard InChI is InChI=1S/C17H17FN2O2S/c18-12-6-4-11(5-7-12)8-9-19-17(21)14-10-23-16-13(14)2-1-3-15(16)20-22/h4-7,10,15H,1-3,8-9H2,(H,19,21). The van der Waals surface area contributed by atoms with E-state index in [1.165, 1.54) is 23.5 Å². The summed E-state index contributed by atoms with van der Waals surface area (Å²) in [5.41, 5.74) is 2.62. The number of nitroso groups, excluding NO2 is 1. The molecule has 1 N–H and O–H groups in total. The third kappa shape index (κ3) is 3.47. The molecule has 1 unspecified atom stereocenters. The molecule has 1 aliphatic rings. The molecule has 0 bridgehead atoms. The topological polar surface area (TPSA) is 58.5 Å². The van der Waals surface area contributed by atoms with Gasteiger partial charge in [-0.3, -0.25) is 4.79 Å². The van der Waals surface area contributed by atoms with E-state index >= 15 is 0 Å². The van der Waals surface area contributed by atoms with Gasteiger partial charge < -0.3 is 5.32 Å². The quantitative estimate of drug-likeness (QED) is 0.841. The zero-order chi connectivity index (χ0) is 16.2. The van der Waals surface area contributed by atoms with Crippen LogP contribution in [0.3, 0.4) is 0 Å². The molecule has 2 aromatic rings. The minimum atomic E-state index is -0.301. The first-order valence-corrected chi connectivity index (χ1v) is 8.52. The summed E-state index contributed by atoms with van der Waals surface area (Å²) in [6.45, 7) is 0.491. The van der Waals surface area contributed by atoms with Gasteiger partial charge >= 0.3 is 0 Å². The van der Waals surface area contributed by atoms with E-state index in [0.717, 1.165) is 35.3 Å². The van der Waals surface area contributed by atoms with Gasteiger partial charge in [0.2, 0.25) is 0 Å². The molecule has 1 aromatic carbocycles. The fraction of sp³-hybridized carbons (Fsp3) is 0.353. The summed E-state index contributed by atoms with van der Waals surface area (Å²) < 4.78 is 12.8. The Kier molecular flexibility index (Phi) is 4.81. The van der Waals surface area contributed by atoms with Crippen molar-refractivity contribution in [3.8, 4) is 0 Å². The number of amides is 1. The number of fused-ring (bicyclic) bond motifs is 1. The van der Waals surface area contributed by atoms with Crippen LogP contribution in [0.15, 0.2) is 34.8 Å². The molecule has 1 aromatic heterocycles. The normalized spacial score (nSPS) is 16.7. The second-order valence-corrected chi connectivity index (χ2v) is 6.55. The summed E-state index contributed by atoms with van der Waals surface area (Å²) in [6, 6.07) is 5.96. The Morgan fingerprint density at radius 2 is 2.13 bits per heavy atom. The number of rotatable bonds is 5. The summed E-state index contributed by atoms with van der Waals surface area (Å²) in [4.78, 5) is 24.2.